The third-order valence-electron chi connectivity index (χ3n) is 8.32. The van der Waals surface area contributed by atoms with E-state index in [1.165, 1.54) is 38.5 Å². The van der Waals surface area contributed by atoms with Crippen molar-refractivity contribution >= 4 is 5.71 Å². The van der Waals surface area contributed by atoms with E-state index in [1.54, 1.807) is 5.57 Å². The molecule has 4 rings (SSSR count). The predicted molar refractivity (Wildman–Crippen MR) is 100 cm³/mol. The quantitative estimate of drug-likeness (QED) is 0.605. The maximum absolute atomic E-state index is 10.6. The standard InChI is InChI=1S/C21H34N2O2/c1-20-9-7-15(23-25-12-11-22)13-14(20)3-4-16-17-5-6-19(24)21(17,2)10-8-18(16)20/h13,16-19,24H,3-12,22H2,1-2H3/t16?,17?,18?,19-,20+,21+/m1/s1. The molecule has 3 saturated carbocycles. The fourth-order valence-electron chi connectivity index (χ4n) is 6.80. The molecule has 4 aliphatic carbocycles. The summed E-state index contributed by atoms with van der Waals surface area (Å²) in [6.07, 6.45) is 11.7. The van der Waals surface area contributed by atoms with Crippen LogP contribution in [0.2, 0.25) is 0 Å². The number of aliphatic hydroxyl groups excluding tert-OH is 1. The zero-order valence-corrected chi connectivity index (χ0v) is 15.8. The monoisotopic (exact) mass is 346 g/mol. The Balaban J connectivity index is 1.57. The summed E-state index contributed by atoms with van der Waals surface area (Å²) in [6, 6.07) is 0. The third-order valence-corrected chi connectivity index (χ3v) is 8.32. The minimum absolute atomic E-state index is 0.0759. The van der Waals surface area contributed by atoms with Crippen LogP contribution < -0.4 is 5.73 Å². The van der Waals surface area contributed by atoms with Gasteiger partial charge in [-0.15, -0.1) is 0 Å². The summed E-state index contributed by atoms with van der Waals surface area (Å²) in [4.78, 5) is 5.31. The zero-order chi connectivity index (χ0) is 17.7. The largest absolute Gasteiger partial charge is 0.394 e. The third kappa shape index (κ3) is 2.68. The van der Waals surface area contributed by atoms with Crippen LogP contribution in [0.15, 0.2) is 16.8 Å². The second-order valence-corrected chi connectivity index (χ2v) is 9.34. The molecule has 3 N–H and O–H groups in total. The van der Waals surface area contributed by atoms with Crippen molar-refractivity contribution in [1.82, 2.24) is 0 Å². The average Bonchev–Trinajstić information content (AvgIpc) is 2.90. The van der Waals surface area contributed by atoms with Gasteiger partial charge in [0.25, 0.3) is 0 Å². The molecule has 25 heavy (non-hydrogen) atoms. The summed E-state index contributed by atoms with van der Waals surface area (Å²) in [6.45, 7) is 5.87. The SMILES string of the molecule is C[C@]12CCC(=NOCCN)C=C1CCC1C2CC[C@@]2(C)C1CC[C@H]2O. The molecule has 3 unspecified atom stereocenters. The maximum Gasteiger partial charge on any atom is 0.129 e. The van der Waals surface area contributed by atoms with Crippen molar-refractivity contribution in [2.45, 2.75) is 71.3 Å². The number of hydrogen-bond donors (Lipinski definition) is 2. The molecule has 0 aromatic carbocycles. The Hall–Kier alpha value is -0.870. The number of oxime groups is 1. The highest BCUT2D eigenvalue weighted by Crippen LogP contribution is 2.65. The lowest BCUT2D eigenvalue weighted by Gasteiger charge is -2.57. The lowest BCUT2D eigenvalue weighted by atomic mass is 9.47. The molecule has 4 aliphatic rings. The normalized spacial score (nSPS) is 47.7. The first kappa shape index (κ1) is 17.5. The Morgan fingerprint density at radius 1 is 1.16 bits per heavy atom. The second kappa shape index (κ2) is 6.38. The minimum atomic E-state index is -0.0759. The van der Waals surface area contributed by atoms with Gasteiger partial charge in [0.1, 0.15) is 6.61 Å². The van der Waals surface area contributed by atoms with E-state index in [-0.39, 0.29) is 11.5 Å². The molecule has 0 heterocycles. The van der Waals surface area contributed by atoms with Gasteiger partial charge in [0, 0.05) is 6.54 Å². The number of fused-ring (bicyclic) bond motifs is 5. The minimum Gasteiger partial charge on any atom is -0.394 e. The van der Waals surface area contributed by atoms with Crippen molar-refractivity contribution in [3.63, 3.8) is 0 Å². The summed E-state index contributed by atoms with van der Waals surface area (Å²) < 4.78 is 0. The van der Waals surface area contributed by atoms with E-state index >= 15 is 0 Å². The van der Waals surface area contributed by atoms with Gasteiger partial charge in [0.15, 0.2) is 0 Å². The highest BCUT2D eigenvalue weighted by Gasteiger charge is 2.58. The molecule has 3 fully saturated rings. The predicted octanol–water partition coefficient (Wildman–Crippen LogP) is 3.64. The van der Waals surface area contributed by atoms with E-state index in [1.807, 2.05) is 0 Å². The van der Waals surface area contributed by atoms with Crippen LogP contribution in [0.3, 0.4) is 0 Å². The molecule has 0 aromatic rings. The number of rotatable bonds is 3. The zero-order valence-electron chi connectivity index (χ0n) is 15.8. The Labute approximate surface area is 151 Å². The Bertz CT molecular complexity index is 586. The first-order valence-electron chi connectivity index (χ1n) is 10.3. The van der Waals surface area contributed by atoms with Crippen LogP contribution in [-0.2, 0) is 4.84 Å². The molecule has 0 bridgehead atoms. The first-order chi connectivity index (χ1) is 12.0. The molecule has 140 valence electrons. The summed E-state index contributed by atoms with van der Waals surface area (Å²) >= 11 is 0. The molecule has 0 saturated heterocycles. The van der Waals surface area contributed by atoms with Crippen LogP contribution in [0.25, 0.3) is 0 Å². The lowest BCUT2D eigenvalue weighted by Crippen LogP contribution is -2.51. The Kier molecular flexibility index (Phi) is 4.48. The Morgan fingerprint density at radius 3 is 2.80 bits per heavy atom. The van der Waals surface area contributed by atoms with E-state index < -0.39 is 0 Å². The number of aliphatic hydroxyl groups is 1. The van der Waals surface area contributed by atoms with Gasteiger partial charge < -0.3 is 15.7 Å². The number of nitrogens with two attached hydrogens (primary N) is 1. The summed E-state index contributed by atoms with van der Waals surface area (Å²) in [7, 11) is 0. The van der Waals surface area contributed by atoms with Crippen LogP contribution in [0.5, 0.6) is 0 Å². The van der Waals surface area contributed by atoms with Crippen LogP contribution in [0, 0.1) is 28.6 Å². The molecule has 0 radical (unpaired) electrons. The number of allylic oxidation sites excluding steroid dienone is 2. The molecule has 0 aliphatic heterocycles. The van der Waals surface area contributed by atoms with Crippen LogP contribution >= 0.6 is 0 Å². The van der Waals surface area contributed by atoms with Crippen LogP contribution in [0.1, 0.15) is 65.2 Å². The molecule has 0 spiro atoms. The highest BCUT2D eigenvalue weighted by molar-refractivity contribution is 5.96. The fourth-order valence-corrected chi connectivity index (χ4v) is 6.80. The second-order valence-electron chi connectivity index (χ2n) is 9.34. The molecule has 4 nitrogen and oxygen atoms in total. The molecular weight excluding hydrogens is 312 g/mol. The highest BCUT2D eigenvalue weighted by atomic mass is 16.6. The van der Waals surface area contributed by atoms with Gasteiger partial charge in [-0.3, -0.25) is 0 Å². The van der Waals surface area contributed by atoms with Gasteiger partial charge in [-0.1, -0.05) is 24.6 Å². The fraction of sp³-hybridized carbons (Fsp3) is 0.857. The molecule has 0 aromatic heterocycles. The molecule has 6 atom stereocenters. The maximum atomic E-state index is 10.6. The van der Waals surface area contributed by atoms with Gasteiger partial charge in [-0.2, -0.15) is 0 Å². The van der Waals surface area contributed by atoms with Crippen molar-refractivity contribution in [2.24, 2.45) is 39.5 Å². The van der Waals surface area contributed by atoms with E-state index in [9.17, 15) is 5.11 Å². The van der Waals surface area contributed by atoms with Crippen molar-refractivity contribution in [2.75, 3.05) is 13.2 Å². The van der Waals surface area contributed by atoms with Crippen molar-refractivity contribution < 1.29 is 9.94 Å². The molecule has 4 heteroatoms. The van der Waals surface area contributed by atoms with Crippen LogP contribution in [0.4, 0.5) is 0 Å². The molecule has 0 amide bonds. The summed E-state index contributed by atoms with van der Waals surface area (Å²) in [5, 5.41) is 14.9. The van der Waals surface area contributed by atoms with Gasteiger partial charge in [-0.05, 0) is 86.0 Å². The van der Waals surface area contributed by atoms with E-state index in [2.05, 4.69) is 25.1 Å². The Morgan fingerprint density at radius 2 is 2.00 bits per heavy atom. The van der Waals surface area contributed by atoms with Gasteiger partial charge >= 0.3 is 0 Å². The lowest BCUT2D eigenvalue weighted by molar-refractivity contribution is -0.0722. The smallest absolute Gasteiger partial charge is 0.129 e. The summed E-state index contributed by atoms with van der Waals surface area (Å²) in [5.41, 5.74) is 8.67. The van der Waals surface area contributed by atoms with Crippen molar-refractivity contribution in [1.29, 1.82) is 0 Å². The summed E-state index contributed by atoms with van der Waals surface area (Å²) in [5.74, 6) is 2.30. The number of hydrogen-bond acceptors (Lipinski definition) is 4. The van der Waals surface area contributed by atoms with Crippen LogP contribution in [-0.4, -0.2) is 30.1 Å². The molecular formula is C21H34N2O2. The van der Waals surface area contributed by atoms with Crippen molar-refractivity contribution in [3.8, 4) is 0 Å². The van der Waals surface area contributed by atoms with E-state index in [0.29, 0.717) is 18.6 Å². The first-order valence-corrected chi connectivity index (χ1v) is 10.3. The number of nitrogens with zero attached hydrogens (tertiary/aromatic N) is 1. The average molecular weight is 347 g/mol. The van der Waals surface area contributed by atoms with E-state index in [0.717, 1.165) is 36.3 Å². The van der Waals surface area contributed by atoms with Gasteiger partial charge in [0.2, 0.25) is 0 Å². The topological polar surface area (TPSA) is 67.8 Å². The van der Waals surface area contributed by atoms with Gasteiger partial charge in [0.05, 0.1) is 11.8 Å². The van der Waals surface area contributed by atoms with Gasteiger partial charge in [-0.25, -0.2) is 0 Å². The van der Waals surface area contributed by atoms with E-state index in [4.69, 9.17) is 10.6 Å². The van der Waals surface area contributed by atoms with Crippen molar-refractivity contribution in [3.05, 3.63) is 11.6 Å².